The van der Waals surface area contributed by atoms with Crippen molar-refractivity contribution in [3.63, 3.8) is 0 Å². The van der Waals surface area contributed by atoms with Crippen LogP contribution in [0.1, 0.15) is 5.56 Å². The van der Waals surface area contributed by atoms with Crippen LogP contribution in [0.3, 0.4) is 0 Å². The summed E-state index contributed by atoms with van der Waals surface area (Å²) in [5, 5.41) is 22.8. The highest BCUT2D eigenvalue weighted by atomic mass is 15.5. The van der Waals surface area contributed by atoms with Crippen LogP contribution in [-0.4, -0.2) is 78.3 Å². The number of benzene rings is 1. The molecule has 4 heterocycles. The van der Waals surface area contributed by atoms with Gasteiger partial charge in [0, 0.05) is 31.7 Å². The molecule has 1 aliphatic rings. The molecule has 1 fully saturated rings. The molecule has 0 radical (unpaired) electrons. The molecule has 10 heteroatoms. The lowest BCUT2D eigenvalue weighted by Crippen LogP contribution is -2.45. The third-order valence-corrected chi connectivity index (χ3v) is 4.94. The maximum absolute atomic E-state index is 4.93. The number of nitrogens with one attached hydrogen (secondary N) is 1. The number of rotatable bonds is 2. The van der Waals surface area contributed by atoms with Crippen LogP contribution < -0.4 is 4.90 Å². The Bertz CT molecular complexity index is 1080. The Morgan fingerprint density at radius 2 is 1.92 bits per heavy atom. The molecule has 1 aliphatic heterocycles. The molecule has 5 rings (SSSR count). The highest BCUT2D eigenvalue weighted by molar-refractivity contribution is 5.87. The van der Waals surface area contributed by atoms with Gasteiger partial charge in [0.1, 0.15) is 6.33 Å². The Labute approximate surface area is 148 Å². The summed E-state index contributed by atoms with van der Waals surface area (Å²) in [4.78, 5) is 9.52. The number of H-pyrrole nitrogens is 1. The summed E-state index contributed by atoms with van der Waals surface area (Å²) >= 11 is 0. The number of aromatic nitrogens is 8. The summed E-state index contributed by atoms with van der Waals surface area (Å²) in [6.07, 6.45) is 1.74. The van der Waals surface area contributed by atoms with E-state index in [9.17, 15) is 0 Å². The summed E-state index contributed by atoms with van der Waals surface area (Å²) in [5.41, 5.74) is 4.57. The number of piperazine rings is 1. The van der Waals surface area contributed by atoms with Crippen molar-refractivity contribution in [3.8, 4) is 11.4 Å². The maximum Gasteiger partial charge on any atom is 0.205 e. The first kappa shape index (κ1) is 15.1. The molecule has 132 valence electrons. The van der Waals surface area contributed by atoms with Gasteiger partial charge in [-0.1, -0.05) is 0 Å². The van der Waals surface area contributed by atoms with E-state index in [2.05, 4.69) is 53.7 Å². The first-order valence-electron chi connectivity index (χ1n) is 8.52. The van der Waals surface area contributed by atoms with Crippen LogP contribution in [0.25, 0.3) is 28.1 Å². The molecular weight excluding hydrogens is 332 g/mol. The fourth-order valence-corrected chi connectivity index (χ4v) is 3.44. The summed E-state index contributed by atoms with van der Waals surface area (Å²) in [5.74, 6) is 1.43. The topological polar surface area (TPSA) is 104 Å². The first-order chi connectivity index (χ1) is 12.7. The van der Waals surface area contributed by atoms with E-state index in [1.165, 1.54) is 0 Å². The monoisotopic (exact) mass is 350 g/mol. The van der Waals surface area contributed by atoms with Gasteiger partial charge in [-0.3, -0.25) is 4.40 Å². The summed E-state index contributed by atoms with van der Waals surface area (Å²) in [6.45, 7) is 5.86. The third kappa shape index (κ3) is 2.30. The molecule has 0 atom stereocenters. The average Bonchev–Trinajstić information content (AvgIpc) is 3.33. The number of aryl methyl sites for hydroxylation is 1. The van der Waals surface area contributed by atoms with Gasteiger partial charge >= 0.3 is 0 Å². The predicted octanol–water partition coefficient (Wildman–Crippen LogP) is 0.518. The van der Waals surface area contributed by atoms with Crippen LogP contribution in [0.15, 0.2) is 18.5 Å². The van der Waals surface area contributed by atoms with Gasteiger partial charge in [0.05, 0.1) is 11.0 Å². The Kier molecular flexibility index (Phi) is 3.32. The minimum atomic E-state index is 0.566. The summed E-state index contributed by atoms with van der Waals surface area (Å²) in [7, 11) is 2.14. The highest BCUT2D eigenvalue weighted by Gasteiger charge is 2.21. The summed E-state index contributed by atoms with van der Waals surface area (Å²) < 4.78 is 2.00. The Balaban J connectivity index is 1.72. The molecule has 4 aromatic rings. The predicted molar refractivity (Wildman–Crippen MR) is 95.9 cm³/mol. The zero-order valence-corrected chi connectivity index (χ0v) is 14.6. The van der Waals surface area contributed by atoms with Crippen molar-refractivity contribution in [1.82, 2.24) is 45.1 Å². The van der Waals surface area contributed by atoms with Crippen molar-refractivity contribution in [2.75, 3.05) is 38.1 Å². The zero-order valence-electron chi connectivity index (χ0n) is 14.6. The van der Waals surface area contributed by atoms with Gasteiger partial charge in [-0.25, -0.2) is 4.98 Å². The van der Waals surface area contributed by atoms with Gasteiger partial charge in [0.25, 0.3) is 0 Å². The van der Waals surface area contributed by atoms with E-state index >= 15 is 0 Å². The lowest BCUT2D eigenvalue weighted by atomic mass is 10.1. The molecule has 0 bridgehead atoms. The van der Waals surface area contributed by atoms with Crippen molar-refractivity contribution in [2.24, 2.45) is 0 Å². The van der Waals surface area contributed by atoms with Gasteiger partial charge < -0.3 is 9.80 Å². The van der Waals surface area contributed by atoms with Gasteiger partial charge in [0.15, 0.2) is 5.82 Å². The molecule has 10 nitrogen and oxygen atoms in total. The quantitative estimate of drug-likeness (QED) is 0.558. The van der Waals surface area contributed by atoms with Crippen molar-refractivity contribution in [1.29, 1.82) is 0 Å². The largest absolute Gasteiger partial charge is 0.351 e. The molecule has 0 amide bonds. The van der Waals surface area contributed by atoms with E-state index in [1.807, 2.05) is 17.4 Å². The number of likely N-dealkylation sites (N-methyl/N-ethyl adjacent to an activating group) is 1. The first-order valence-corrected chi connectivity index (χ1v) is 8.52. The minimum absolute atomic E-state index is 0.566. The molecule has 1 saturated heterocycles. The van der Waals surface area contributed by atoms with Crippen LogP contribution in [0.2, 0.25) is 0 Å². The third-order valence-electron chi connectivity index (χ3n) is 4.94. The smallest absolute Gasteiger partial charge is 0.205 e. The average molecular weight is 350 g/mol. The van der Waals surface area contributed by atoms with E-state index in [-0.39, 0.29) is 0 Å². The number of tetrazole rings is 1. The van der Waals surface area contributed by atoms with Crippen molar-refractivity contribution >= 4 is 22.5 Å². The number of aromatic amines is 1. The number of anilines is 1. The van der Waals surface area contributed by atoms with E-state index < -0.39 is 0 Å². The maximum atomic E-state index is 4.93. The second-order valence-corrected chi connectivity index (χ2v) is 6.64. The van der Waals surface area contributed by atoms with E-state index in [0.29, 0.717) is 5.82 Å². The van der Waals surface area contributed by atoms with Crippen LogP contribution in [0, 0.1) is 6.92 Å². The Morgan fingerprint density at radius 1 is 1.08 bits per heavy atom. The van der Waals surface area contributed by atoms with Crippen LogP contribution >= 0.6 is 0 Å². The van der Waals surface area contributed by atoms with Gasteiger partial charge in [-0.2, -0.15) is 5.21 Å². The second kappa shape index (κ2) is 5.70. The van der Waals surface area contributed by atoms with E-state index in [0.717, 1.165) is 59.8 Å². The molecule has 0 spiro atoms. The van der Waals surface area contributed by atoms with Crippen LogP contribution in [0.4, 0.5) is 5.82 Å². The summed E-state index contributed by atoms with van der Waals surface area (Å²) in [6, 6.07) is 4.08. The molecule has 26 heavy (non-hydrogen) atoms. The Hall–Kier alpha value is -3.14. The van der Waals surface area contributed by atoms with Crippen molar-refractivity contribution in [3.05, 3.63) is 24.0 Å². The number of nitrogens with zero attached hydrogens (tertiary/aromatic N) is 9. The second-order valence-electron chi connectivity index (χ2n) is 6.64. The van der Waals surface area contributed by atoms with Crippen LogP contribution in [-0.2, 0) is 0 Å². The normalized spacial score (nSPS) is 16.0. The lowest BCUT2D eigenvalue weighted by molar-refractivity contribution is 0.312. The number of fused-ring (bicyclic) bond motifs is 3. The van der Waals surface area contributed by atoms with E-state index in [4.69, 9.17) is 4.98 Å². The fourth-order valence-electron chi connectivity index (χ4n) is 3.44. The van der Waals surface area contributed by atoms with Crippen LogP contribution in [0.5, 0.6) is 0 Å². The van der Waals surface area contributed by atoms with Gasteiger partial charge in [0.2, 0.25) is 11.5 Å². The number of hydrogen-bond donors (Lipinski definition) is 1. The molecule has 1 aromatic carbocycles. The zero-order chi connectivity index (χ0) is 17.7. The van der Waals surface area contributed by atoms with Crippen molar-refractivity contribution in [2.45, 2.75) is 6.92 Å². The SMILES string of the molecule is Cc1cc2c(cc1-c1nn[nH]n1)nc(N1CCN(C)CC1)c1nncn12. The number of hydrogen-bond acceptors (Lipinski definition) is 8. The molecule has 1 N–H and O–H groups in total. The molecular formula is C16H18N10. The lowest BCUT2D eigenvalue weighted by Gasteiger charge is -2.33. The van der Waals surface area contributed by atoms with Gasteiger partial charge in [-0.15, -0.1) is 20.4 Å². The minimum Gasteiger partial charge on any atom is -0.351 e. The van der Waals surface area contributed by atoms with Crippen molar-refractivity contribution < 1.29 is 0 Å². The highest BCUT2D eigenvalue weighted by Crippen LogP contribution is 2.29. The standard InChI is InChI=1S/C16H18N10/c1-10-7-13-12(8-11(10)14-19-22-23-20-14)18-15(16-21-17-9-26(13)16)25-5-3-24(2)4-6-25/h7-9H,3-6H2,1-2H3,(H,19,20,22,23). The fraction of sp³-hybridized carbons (Fsp3) is 0.375. The van der Waals surface area contributed by atoms with E-state index in [1.54, 1.807) is 6.33 Å². The molecule has 0 aliphatic carbocycles. The Morgan fingerprint density at radius 3 is 2.69 bits per heavy atom. The molecule has 0 unspecified atom stereocenters. The molecule has 3 aromatic heterocycles. The molecule has 0 saturated carbocycles. The van der Waals surface area contributed by atoms with Gasteiger partial charge in [-0.05, 0) is 36.9 Å².